The Morgan fingerprint density at radius 3 is 2.36 bits per heavy atom. The molecule has 0 heterocycles. The molecule has 0 aliphatic rings. The molecule has 2 aromatic carbocycles. The van der Waals surface area contributed by atoms with E-state index in [9.17, 15) is 4.79 Å². The smallest absolute Gasteiger partial charge is 0.261 e. The van der Waals surface area contributed by atoms with E-state index >= 15 is 0 Å². The van der Waals surface area contributed by atoms with Crippen LogP contribution in [0.25, 0.3) is 0 Å². The van der Waals surface area contributed by atoms with Crippen LogP contribution in [0, 0.1) is 13.8 Å². The first-order chi connectivity index (χ1) is 13.4. The van der Waals surface area contributed by atoms with E-state index in [2.05, 4.69) is 23.5 Å². The number of amides is 1. The van der Waals surface area contributed by atoms with Crippen molar-refractivity contribution < 1.29 is 14.3 Å². The summed E-state index contributed by atoms with van der Waals surface area (Å²) in [4.78, 5) is 12.5. The summed E-state index contributed by atoms with van der Waals surface area (Å²) >= 11 is 0. The number of hydrogen-bond donors (Lipinski definition) is 1. The fourth-order valence-corrected chi connectivity index (χ4v) is 3.15. The van der Waals surface area contributed by atoms with Crippen LogP contribution < -0.4 is 14.8 Å². The van der Waals surface area contributed by atoms with Crippen LogP contribution in [0.3, 0.4) is 0 Å². The average Bonchev–Trinajstić information content (AvgIpc) is 2.62. The molecule has 4 heteroatoms. The molecule has 0 spiro atoms. The molecule has 0 bridgehead atoms. The standard InChI is InChI=1S/C24H33NO3/c1-6-23(28-22-14-18(4)13-19(5)15-22)24(26)25-12-8-10-20-9-7-11-21(16-20)27-17(2)3/h7,9,11,13-17,23H,6,8,10,12H2,1-5H3,(H,25,26). The third kappa shape index (κ3) is 7.26. The topological polar surface area (TPSA) is 47.6 Å². The molecule has 0 radical (unpaired) electrons. The molecule has 1 unspecified atom stereocenters. The maximum atomic E-state index is 12.5. The lowest BCUT2D eigenvalue weighted by Gasteiger charge is -2.18. The zero-order chi connectivity index (χ0) is 20.5. The van der Waals surface area contributed by atoms with Gasteiger partial charge >= 0.3 is 0 Å². The molecule has 2 rings (SSSR count). The largest absolute Gasteiger partial charge is 0.491 e. The summed E-state index contributed by atoms with van der Waals surface area (Å²) in [5.41, 5.74) is 3.48. The van der Waals surface area contributed by atoms with Gasteiger partial charge in [-0.3, -0.25) is 4.79 Å². The van der Waals surface area contributed by atoms with E-state index in [0.717, 1.165) is 35.5 Å². The van der Waals surface area contributed by atoms with Gasteiger partial charge in [-0.2, -0.15) is 0 Å². The van der Waals surface area contributed by atoms with Crippen LogP contribution in [-0.4, -0.2) is 24.7 Å². The van der Waals surface area contributed by atoms with E-state index in [1.807, 2.05) is 58.9 Å². The zero-order valence-electron chi connectivity index (χ0n) is 17.7. The van der Waals surface area contributed by atoms with Gasteiger partial charge in [-0.05, 0) is 87.9 Å². The van der Waals surface area contributed by atoms with Crippen LogP contribution in [0.2, 0.25) is 0 Å². The molecule has 2 aromatic rings. The Labute approximate surface area is 169 Å². The molecule has 0 fully saturated rings. The quantitative estimate of drug-likeness (QED) is 0.588. The van der Waals surface area contributed by atoms with Gasteiger partial charge in [-0.25, -0.2) is 0 Å². The van der Waals surface area contributed by atoms with Crippen molar-refractivity contribution in [2.45, 2.75) is 66.1 Å². The summed E-state index contributed by atoms with van der Waals surface area (Å²) in [7, 11) is 0. The van der Waals surface area contributed by atoms with Crippen molar-refractivity contribution in [3.8, 4) is 11.5 Å². The third-order valence-corrected chi connectivity index (χ3v) is 4.35. The summed E-state index contributed by atoms with van der Waals surface area (Å²) in [6.07, 6.45) is 2.09. The molecule has 1 amide bonds. The lowest BCUT2D eigenvalue weighted by Crippen LogP contribution is -2.38. The molecule has 1 N–H and O–H groups in total. The van der Waals surface area contributed by atoms with E-state index in [-0.39, 0.29) is 12.0 Å². The Bertz CT molecular complexity index is 750. The minimum Gasteiger partial charge on any atom is -0.491 e. The molecule has 152 valence electrons. The van der Waals surface area contributed by atoms with Gasteiger partial charge in [-0.1, -0.05) is 25.1 Å². The molecule has 0 aromatic heterocycles. The van der Waals surface area contributed by atoms with E-state index in [1.165, 1.54) is 5.56 Å². The Kier molecular flexibility index (Phi) is 8.37. The van der Waals surface area contributed by atoms with E-state index in [1.54, 1.807) is 0 Å². The maximum absolute atomic E-state index is 12.5. The molecule has 0 saturated carbocycles. The molecule has 1 atom stereocenters. The lowest BCUT2D eigenvalue weighted by atomic mass is 10.1. The van der Waals surface area contributed by atoms with Gasteiger partial charge in [0.2, 0.25) is 0 Å². The SMILES string of the molecule is CCC(Oc1cc(C)cc(C)c1)C(=O)NCCCc1cccc(OC(C)C)c1. The molecular formula is C24H33NO3. The van der Waals surface area contributed by atoms with E-state index < -0.39 is 6.10 Å². The van der Waals surface area contributed by atoms with Crippen molar-refractivity contribution in [3.05, 3.63) is 59.2 Å². The van der Waals surface area contributed by atoms with Crippen LogP contribution in [0.15, 0.2) is 42.5 Å². The fraction of sp³-hybridized carbons (Fsp3) is 0.458. The highest BCUT2D eigenvalue weighted by Crippen LogP contribution is 2.19. The number of carbonyl (C=O) groups is 1. The van der Waals surface area contributed by atoms with Gasteiger partial charge < -0.3 is 14.8 Å². The van der Waals surface area contributed by atoms with Gasteiger partial charge in [0.1, 0.15) is 11.5 Å². The number of ether oxygens (including phenoxy) is 2. The summed E-state index contributed by atoms with van der Waals surface area (Å²) in [6, 6.07) is 14.2. The first-order valence-corrected chi connectivity index (χ1v) is 10.2. The number of carbonyl (C=O) groups excluding carboxylic acids is 1. The van der Waals surface area contributed by atoms with E-state index in [4.69, 9.17) is 9.47 Å². The third-order valence-electron chi connectivity index (χ3n) is 4.35. The monoisotopic (exact) mass is 383 g/mol. The van der Waals surface area contributed by atoms with Crippen molar-refractivity contribution in [1.82, 2.24) is 5.32 Å². The number of benzene rings is 2. The van der Waals surface area contributed by atoms with Crippen molar-refractivity contribution in [2.75, 3.05) is 6.54 Å². The Hall–Kier alpha value is -2.49. The predicted octanol–water partition coefficient (Wildman–Crippen LogP) is 5.00. The van der Waals surface area contributed by atoms with E-state index in [0.29, 0.717) is 13.0 Å². The second kappa shape index (κ2) is 10.7. The van der Waals surface area contributed by atoms with Crippen LogP contribution in [0.1, 0.15) is 50.3 Å². The van der Waals surface area contributed by atoms with Crippen molar-refractivity contribution in [3.63, 3.8) is 0 Å². The Morgan fingerprint density at radius 1 is 1.00 bits per heavy atom. The summed E-state index contributed by atoms with van der Waals surface area (Å²) in [5.74, 6) is 1.59. The summed E-state index contributed by atoms with van der Waals surface area (Å²) < 4.78 is 11.7. The molecular weight excluding hydrogens is 350 g/mol. The average molecular weight is 384 g/mol. The van der Waals surface area contributed by atoms with Crippen molar-refractivity contribution in [1.29, 1.82) is 0 Å². The lowest BCUT2D eigenvalue weighted by molar-refractivity contribution is -0.128. The van der Waals surface area contributed by atoms with Gasteiger partial charge in [0, 0.05) is 6.54 Å². The normalized spacial score (nSPS) is 11.9. The highest BCUT2D eigenvalue weighted by atomic mass is 16.5. The number of hydrogen-bond acceptors (Lipinski definition) is 3. The van der Waals surface area contributed by atoms with Gasteiger partial charge in [0.15, 0.2) is 6.10 Å². The molecule has 4 nitrogen and oxygen atoms in total. The highest BCUT2D eigenvalue weighted by molar-refractivity contribution is 5.81. The first kappa shape index (κ1) is 21.8. The van der Waals surface area contributed by atoms with Crippen molar-refractivity contribution >= 4 is 5.91 Å². The second-order valence-corrected chi connectivity index (χ2v) is 7.55. The van der Waals surface area contributed by atoms with Gasteiger partial charge in [0.05, 0.1) is 6.10 Å². The van der Waals surface area contributed by atoms with Crippen LogP contribution in [-0.2, 0) is 11.2 Å². The van der Waals surface area contributed by atoms with Gasteiger partial charge in [-0.15, -0.1) is 0 Å². The Balaban J connectivity index is 1.80. The first-order valence-electron chi connectivity index (χ1n) is 10.2. The molecule has 28 heavy (non-hydrogen) atoms. The van der Waals surface area contributed by atoms with Crippen LogP contribution >= 0.6 is 0 Å². The minimum absolute atomic E-state index is 0.0569. The zero-order valence-corrected chi connectivity index (χ0v) is 17.7. The fourth-order valence-electron chi connectivity index (χ4n) is 3.15. The molecule has 0 aliphatic carbocycles. The highest BCUT2D eigenvalue weighted by Gasteiger charge is 2.18. The van der Waals surface area contributed by atoms with Crippen LogP contribution in [0.5, 0.6) is 11.5 Å². The summed E-state index contributed by atoms with van der Waals surface area (Å²) in [6.45, 7) is 10.7. The predicted molar refractivity (Wildman–Crippen MR) is 114 cm³/mol. The van der Waals surface area contributed by atoms with Crippen molar-refractivity contribution in [2.24, 2.45) is 0 Å². The van der Waals surface area contributed by atoms with Crippen LogP contribution in [0.4, 0.5) is 0 Å². The molecule has 0 saturated heterocycles. The number of nitrogens with one attached hydrogen (secondary N) is 1. The molecule has 0 aliphatic heterocycles. The number of rotatable bonds is 10. The van der Waals surface area contributed by atoms with Gasteiger partial charge in [0.25, 0.3) is 5.91 Å². The minimum atomic E-state index is -0.469. The maximum Gasteiger partial charge on any atom is 0.261 e. The second-order valence-electron chi connectivity index (χ2n) is 7.55. The Morgan fingerprint density at radius 2 is 1.71 bits per heavy atom. The number of aryl methyl sites for hydroxylation is 3. The summed E-state index contributed by atoms with van der Waals surface area (Å²) in [5, 5.41) is 3.01.